The van der Waals surface area contributed by atoms with Crippen LogP contribution in [0.2, 0.25) is 0 Å². The topological polar surface area (TPSA) is 105 Å². The van der Waals surface area contributed by atoms with E-state index in [9.17, 15) is 22.6 Å². The van der Waals surface area contributed by atoms with Crippen molar-refractivity contribution in [2.75, 3.05) is 19.6 Å². The Kier molecular flexibility index (Phi) is 6.73. The van der Waals surface area contributed by atoms with Crippen molar-refractivity contribution in [2.24, 2.45) is 0 Å². The quantitative estimate of drug-likeness (QED) is 0.333. The van der Waals surface area contributed by atoms with Gasteiger partial charge in [-0.25, -0.2) is 18.1 Å². The molecule has 0 radical (unpaired) electrons. The smallest absolute Gasteiger partial charge is 0.265 e. The Morgan fingerprint density at radius 3 is 2.20 bits per heavy atom. The lowest BCUT2D eigenvalue weighted by molar-refractivity contribution is -0.897. The summed E-state index contributed by atoms with van der Waals surface area (Å²) >= 11 is 0. The van der Waals surface area contributed by atoms with Gasteiger partial charge in [0, 0.05) is 22.6 Å². The highest BCUT2D eigenvalue weighted by Crippen LogP contribution is 2.34. The summed E-state index contributed by atoms with van der Waals surface area (Å²) in [6, 6.07) is 14.5. The highest BCUT2D eigenvalue weighted by molar-refractivity contribution is 7.93. The van der Waals surface area contributed by atoms with E-state index in [0.717, 1.165) is 4.90 Å². The minimum absolute atomic E-state index is 0.0381. The van der Waals surface area contributed by atoms with E-state index < -0.39 is 31.3 Å². The normalized spacial score (nSPS) is 22.6. The van der Waals surface area contributed by atoms with Crippen LogP contribution in [0.5, 0.6) is 0 Å². The SMILES string of the molecule is C#CC[NH+]1CCC(C(=O)NO)(S(=O)(=O)c2ccc(S(=O)c3ccccc3)cc2)CC1. The molecule has 3 N–H and O–H groups in total. The first-order chi connectivity index (χ1) is 14.4. The predicted molar refractivity (Wildman–Crippen MR) is 111 cm³/mol. The summed E-state index contributed by atoms with van der Waals surface area (Å²) in [6.07, 6.45) is 5.41. The predicted octanol–water partition coefficient (Wildman–Crippen LogP) is 0.183. The van der Waals surface area contributed by atoms with Gasteiger partial charge < -0.3 is 4.90 Å². The van der Waals surface area contributed by atoms with Crippen molar-refractivity contribution in [3.05, 3.63) is 54.6 Å². The number of hydroxylamine groups is 1. The van der Waals surface area contributed by atoms with Gasteiger partial charge >= 0.3 is 0 Å². The Hall–Kier alpha value is -2.51. The van der Waals surface area contributed by atoms with Crippen molar-refractivity contribution < 1.29 is 27.5 Å². The monoisotopic (exact) mass is 447 g/mol. The second kappa shape index (κ2) is 9.10. The molecule has 0 bridgehead atoms. The first kappa shape index (κ1) is 22.2. The van der Waals surface area contributed by atoms with Crippen LogP contribution < -0.4 is 10.4 Å². The average molecular weight is 448 g/mol. The van der Waals surface area contributed by atoms with Crippen LogP contribution in [-0.2, 0) is 25.4 Å². The molecule has 3 rings (SSSR count). The summed E-state index contributed by atoms with van der Waals surface area (Å²) < 4.78 is 37.7. The lowest BCUT2D eigenvalue weighted by Gasteiger charge is -2.36. The zero-order valence-corrected chi connectivity index (χ0v) is 17.8. The summed E-state index contributed by atoms with van der Waals surface area (Å²) in [6.45, 7) is 1.23. The lowest BCUT2D eigenvalue weighted by Crippen LogP contribution is -3.13. The summed E-state index contributed by atoms with van der Waals surface area (Å²) in [5.74, 6) is 1.60. The molecule has 1 aliphatic rings. The third-order valence-electron chi connectivity index (χ3n) is 5.45. The molecule has 1 fully saturated rings. The molecule has 9 heteroatoms. The van der Waals surface area contributed by atoms with Crippen molar-refractivity contribution in [1.29, 1.82) is 0 Å². The van der Waals surface area contributed by atoms with Gasteiger partial charge in [0.15, 0.2) is 14.6 Å². The van der Waals surface area contributed by atoms with Crippen LogP contribution in [0.3, 0.4) is 0 Å². The highest BCUT2D eigenvalue weighted by Gasteiger charge is 2.54. The van der Waals surface area contributed by atoms with Gasteiger partial charge in [0.05, 0.1) is 28.8 Å². The lowest BCUT2D eigenvalue weighted by atomic mass is 9.95. The van der Waals surface area contributed by atoms with Crippen LogP contribution in [0.1, 0.15) is 12.8 Å². The summed E-state index contributed by atoms with van der Waals surface area (Å²) in [4.78, 5) is 14.5. The minimum Gasteiger partial charge on any atom is -0.325 e. The zero-order valence-electron chi connectivity index (χ0n) is 16.2. The average Bonchev–Trinajstić information content (AvgIpc) is 2.79. The van der Waals surface area contributed by atoms with E-state index in [0.29, 0.717) is 29.4 Å². The largest absolute Gasteiger partial charge is 0.325 e. The number of amides is 1. The molecule has 0 saturated carbocycles. The van der Waals surface area contributed by atoms with E-state index in [1.165, 1.54) is 29.7 Å². The summed E-state index contributed by atoms with van der Waals surface area (Å²) in [5.41, 5.74) is 1.53. The Balaban J connectivity index is 1.92. The number of carbonyl (C=O) groups is 1. The van der Waals surface area contributed by atoms with Crippen LogP contribution >= 0.6 is 0 Å². The van der Waals surface area contributed by atoms with Gasteiger partial charge in [0.2, 0.25) is 0 Å². The molecule has 7 nitrogen and oxygen atoms in total. The number of likely N-dealkylation sites (tertiary alicyclic amines) is 1. The molecule has 0 aromatic heterocycles. The van der Waals surface area contributed by atoms with E-state index in [1.54, 1.807) is 24.3 Å². The van der Waals surface area contributed by atoms with Crippen LogP contribution in [-0.4, -0.2) is 48.1 Å². The molecule has 0 spiro atoms. The maximum absolute atomic E-state index is 13.4. The number of sulfone groups is 1. The maximum atomic E-state index is 13.4. The van der Waals surface area contributed by atoms with Crippen LogP contribution in [0.25, 0.3) is 0 Å². The molecule has 1 heterocycles. The number of quaternary nitrogens is 1. The number of benzene rings is 2. The Morgan fingerprint density at radius 1 is 1.10 bits per heavy atom. The van der Waals surface area contributed by atoms with Gasteiger partial charge in [-0.05, 0) is 42.3 Å². The van der Waals surface area contributed by atoms with E-state index in [1.807, 2.05) is 6.07 Å². The van der Waals surface area contributed by atoms with Crippen molar-refractivity contribution >= 4 is 26.5 Å². The molecule has 1 saturated heterocycles. The maximum Gasteiger partial charge on any atom is 0.265 e. The van der Waals surface area contributed by atoms with Crippen molar-refractivity contribution in [2.45, 2.75) is 32.3 Å². The number of piperidine rings is 1. The minimum atomic E-state index is -4.12. The third-order valence-corrected chi connectivity index (χ3v) is 9.37. The van der Waals surface area contributed by atoms with Crippen LogP contribution in [0.4, 0.5) is 0 Å². The molecule has 158 valence electrons. The highest BCUT2D eigenvalue weighted by atomic mass is 32.2. The standard InChI is InChI=1S/C21H22N2O5S2/c1-2-14-23-15-12-21(13-16-23,20(24)22-25)30(27,28)19-10-8-18(9-11-19)29(26)17-6-4-3-5-7-17/h1,3-11,25H,12-16H2,(H,22,24)/p+1. The van der Waals surface area contributed by atoms with Gasteiger partial charge in [-0.15, -0.1) is 6.42 Å². The summed E-state index contributed by atoms with van der Waals surface area (Å²) in [7, 11) is -5.57. The third kappa shape index (κ3) is 4.04. The molecule has 2 aromatic rings. The van der Waals surface area contributed by atoms with Gasteiger partial charge in [-0.2, -0.15) is 0 Å². The first-order valence-electron chi connectivity index (χ1n) is 9.39. The number of terminal acetylenes is 1. The molecule has 0 aliphatic carbocycles. The molecule has 1 unspecified atom stereocenters. The molecule has 2 aromatic carbocycles. The number of hydrogen-bond donors (Lipinski definition) is 3. The fourth-order valence-electron chi connectivity index (χ4n) is 3.70. The molecular formula is C21H23N2O5S2+. The fraction of sp³-hybridized carbons (Fsp3) is 0.286. The fourth-order valence-corrected chi connectivity index (χ4v) is 6.73. The Bertz CT molecular complexity index is 1070. The number of nitrogens with one attached hydrogen (secondary N) is 2. The second-order valence-corrected chi connectivity index (χ2v) is 10.9. The second-order valence-electron chi connectivity index (χ2n) is 7.12. The van der Waals surface area contributed by atoms with Crippen molar-refractivity contribution in [3.8, 4) is 12.3 Å². The van der Waals surface area contributed by atoms with Gasteiger partial charge in [0.1, 0.15) is 6.54 Å². The number of carbonyl (C=O) groups excluding carboxylic acids is 1. The van der Waals surface area contributed by atoms with Crippen LogP contribution in [0, 0.1) is 12.3 Å². The van der Waals surface area contributed by atoms with Gasteiger partial charge in [-0.3, -0.25) is 10.0 Å². The Labute approximate surface area is 178 Å². The molecular weight excluding hydrogens is 424 g/mol. The zero-order chi connectivity index (χ0) is 21.8. The van der Waals surface area contributed by atoms with E-state index in [2.05, 4.69) is 5.92 Å². The summed E-state index contributed by atoms with van der Waals surface area (Å²) in [5, 5.41) is 9.23. The van der Waals surface area contributed by atoms with Crippen LogP contribution in [0.15, 0.2) is 69.3 Å². The molecule has 30 heavy (non-hydrogen) atoms. The van der Waals surface area contributed by atoms with Crippen molar-refractivity contribution in [1.82, 2.24) is 5.48 Å². The molecule has 1 atom stereocenters. The number of rotatable bonds is 6. The van der Waals surface area contributed by atoms with Gasteiger partial charge in [-0.1, -0.05) is 18.2 Å². The van der Waals surface area contributed by atoms with E-state index >= 15 is 0 Å². The van der Waals surface area contributed by atoms with E-state index in [4.69, 9.17) is 6.42 Å². The Morgan fingerprint density at radius 2 is 1.67 bits per heavy atom. The molecule has 1 amide bonds. The van der Waals surface area contributed by atoms with Gasteiger partial charge in [0.25, 0.3) is 5.91 Å². The molecule has 1 aliphatic heterocycles. The first-order valence-corrected chi connectivity index (χ1v) is 12.0. The number of hydrogen-bond acceptors (Lipinski definition) is 5. The van der Waals surface area contributed by atoms with E-state index in [-0.39, 0.29) is 17.7 Å². The van der Waals surface area contributed by atoms with Crippen molar-refractivity contribution in [3.63, 3.8) is 0 Å².